The average Bonchev–Trinajstić information content (AvgIpc) is 2.76. The van der Waals surface area contributed by atoms with E-state index in [0.717, 1.165) is 19.4 Å². The molecule has 2 unspecified atom stereocenters. The Morgan fingerprint density at radius 2 is 2.28 bits per heavy atom. The van der Waals surface area contributed by atoms with Crippen LogP contribution < -0.4 is 11.1 Å². The van der Waals surface area contributed by atoms with E-state index in [0.29, 0.717) is 19.6 Å². The highest BCUT2D eigenvalue weighted by atomic mass is 16.2. The predicted octanol–water partition coefficient (Wildman–Crippen LogP) is -0.260. The van der Waals surface area contributed by atoms with Crippen molar-refractivity contribution in [3.05, 3.63) is 0 Å². The molecule has 0 aliphatic carbocycles. The van der Waals surface area contributed by atoms with Crippen LogP contribution in [-0.2, 0) is 4.79 Å². The van der Waals surface area contributed by atoms with Crippen molar-refractivity contribution in [3.63, 3.8) is 0 Å². The fourth-order valence-corrected chi connectivity index (χ4v) is 2.78. The first-order valence-electron chi connectivity index (χ1n) is 6.67. The Kier molecular flexibility index (Phi) is 4.19. The molecule has 102 valence electrons. The number of hydrogen-bond donors (Lipinski definition) is 2. The Labute approximate surface area is 107 Å². The number of carbonyl (C=O) groups excluding carboxylic acids is 2. The van der Waals surface area contributed by atoms with Crippen LogP contribution in [0.3, 0.4) is 0 Å². The number of amides is 3. The van der Waals surface area contributed by atoms with Crippen LogP contribution in [0.5, 0.6) is 0 Å². The molecule has 0 radical (unpaired) electrons. The minimum absolute atomic E-state index is 0.0607. The van der Waals surface area contributed by atoms with Gasteiger partial charge in [-0.1, -0.05) is 6.42 Å². The molecule has 0 aromatic heterocycles. The van der Waals surface area contributed by atoms with Crippen LogP contribution in [0.1, 0.15) is 26.2 Å². The Hall–Kier alpha value is -1.14. The molecule has 2 fully saturated rings. The maximum absolute atomic E-state index is 12.1. The number of carbonyl (C=O) groups is 2. The molecule has 18 heavy (non-hydrogen) atoms. The summed E-state index contributed by atoms with van der Waals surface area (Å²) in [5.41, 5.74) is 5.97. The van der Waals surface area contributed by atoms with Gasteiger partial charge < -0.3 is 11.1 Å². The Morgan fingerprint density at radius 1 is 1.50 bits per heavy atom. The summed E-state index contributed by atoms with van der Waals surface area (Å²) in [5, 5.41) is 2.64. The van der Waals surface area contributed by atoms with E-state index in [1.54, 1.807) is 0 Å². The van der Waals surface area contributed by atoms with Crippen LogP contribution >= 0.6 is 0 Å². The number of rotatable bonds is 3. The monoisotopic (exact) mass is 254 g/mol. The van der Waals surface area contributed by atoms with E-state index in [1.165, 1.54) is 11.3 Å². The zero-order chi connectivity index (χ0) is 13.1. The number of urea groups is 1. The van der Waals surface area contributed by atoms with E-state index >= 15 is 0 Å². The first-order chi connectivity index (χ1) is 8.59. The lowest BCUT2D eigenvalue weighted by molar-refractivity contribution is -0.129. The molecule has 0 aromatic carbocycles. The van der Waals surface area contributed by atoms with Crippen molar-refractivity contribution in [2.75, 3.05) is 26.2 Å². The molecule has 2 aliphatic heterocycles. The third kappa shape index (κ3) is 2.81. The van der Waals surface area contributed by atoms with Gasteiger partial charge in [0.05, 0.1) is 6.54 Å². The second-order valence-electron chi connectivity index (χ2n) is 5.17. The molecule has 2 atom stereocenters. The molecule has 2 rings (SSSR count). The SMILES string of the molecule is CC(N)C1CCCCN1CC(=O)N1CCNC1=O. The van der Waals surface area contributed by atoms with Crippen LogP contribution in [0.15, 0.2) is 0 Å². The number of nitrogens with one attached hydrogen (secondary N) is 1. The van der Waals surface area contributed by atoms with E-state index < -0.39 is 0 Å². The van der Waals surface area contributed by atoms with Gasteiger partial charge in [0, 0.05) is 25.2 Å². The molecular formula is C12H22N4O2. The van der Waals surface area contributed by atoms with E-state index in [-0.39, 0.29) is 24.0 Å². The van der Waals surface area contributed by atoms with Crippen LogP contribution in [-0.4, -0.2) is 60.0 Å². The number of nitrogens with two attached hydrogens (primary N) is 1. The first-order valence-corrected chi connectivity index (χ1v) is 6.67. The summed E-state index contributed by atoms with van der Waals surface area (Å²) >= 11 is 0. The summed E-state index contributed by atoms with van der Waals surface area (Å²) in [6.07, 6.45) is 3.31. The molecule has 6 nitrogen and oxygen atoms in total. The number of piperidine rings is 1. The lowest BCUT2D eigenvalue weighted by Gasteiger charge is -2.37. The first kappa shape index (κ1) is 13.3. The van der Waals surface area contributed by atoms with Crippen molar-refractivity contribution in [2.24, 2.45) is 5.73 Å². The average molecular weight is 254 g/mol. The second kappa shape index (κ2) is 5.67. The lowest BCUT2D eigenvalue weighted by atomic mass is 9.97. The lowest BCUT2D eigenvalue weighted by Crippen LogP contribution is -2.53. The molecule has 6 heteroatoms. The predicted molar refractivity (Wildman–Crippen MR) is 68.0 cm³/mol. The van der Waals surface area contributed by atoms with Crippen molar-refractivity contribution < 1.29 is 9.59 Å². The smallest absolute Gasteiger partial charge is 0.324 e. The standard InChI is InChI=1S/C12H22N4O2/c1-9(13)10-4-2-3-6-15(10)8-11(17)16-7-5-14-12(16)18/h9-10H,2-8,13H2,1H3,(H,14,18). The van der Waals surface area contributed by atoms with Crippen molar-refractivity contribution in [3.8, 4) is 0 Å². The third-order valence-corrected chi connectivity index (χ3v) is 3.77. The Morgan fingerprint density at radius 3 is 2.89 bits per heavy atom. The van der Waals surface area contributed by atoms with Gasteiger partial charge in [-0.2, -0.15) is 0 Å². The summed E-state index contributed by atoms with van der Waals surface area (Å²) in [5.74, 6) is -0.113. The van der Waals surface area contributed by atoms with Gasteiger partial charge in [0.1, 0.15) is 0 Å². The van der Waals surface area contributed by atoms with Gasteiger partial charge in [-0.25, -0.2) is 4.79 Å². The Bertz CT molecular complexity index is 332. The quantitative estimate of drug-likeness (QED) is 0.727. The summed E-state index contributed by atoms with van der Waals surface area (Å²) < 4.78 is 0. The van der Waals surface area contributed by atoms with E-state index in [1.807, 2.05) is 6.92 Å². The maximum Gasteiger partial charge on any atom is 0.324 e. The highest BCUT2D eigenvalue weighted by molar-refractivity contribution is 5.96. The van der Waals surface area contributed by atoms with Gasteiger partial charge in [0.15, 0.2) is 0 Å². The van der Waals surface area contributed by atoms with Crippen LogP contribution in [0.25, 0.3) is 0 Å². The van der Waals surface area contributed by atoms with Gasteiger partial charge in [-0.05, 0) is 26.3 Å². The van der Waals surface area contributed by atoms with Crippen molar-refractivity contribution in [1.82, 2.24) is 15.1 Å². The highest BCUT2D eigenvalue weighted by Crippen LogP contribution is 2.19. The number of likely N-dealkylation sites (tertiary alicyclic amines) is 1. The summed E-state index contributed by atoms with van der Waals surface area (Å²) in [6, 6.07) is 0.0493. The van der Waals surface area contributed by atoms with E-state index in [9.17, 15) is 9.59 Å². The molecule has 0 bridgehead atoms. The number of imide groups is 1. The molecule has 2 aliphatic rings. The van der Waals surface area contributed by atoms with Gasteiger partial charge >= 0.3 is 6.03 Å². The highest BCUT2D eigenvalue weighted by Gasteiger charge is 2.31. The molecule has 2 heterocycles. The molecule has 0 aromatic rings. The second-order valence-corrected chi connectivity index (χ2v) is 5.17. The largest absolute Gasteiger partial charge is 0.336 e. The topological polar surface area (TPSA) is 78.7 Å². The van der Waals surface area contributed by atoms with Gasteiger partial charge in [0.2, 0.25) is 5.91 Å². The van der Waals surface area contributed by atoms with Gasteiger partial charge in [-0.15, -0.1) is 0 Å². The van der Waals surface area contributed by atoms with Crippen molar-refractivity contribution in [1.29, 1.82) is 0 Å². The third-order valence-electron chi connectivity index (χ3n) is 3.77. The van der Waals surface area contributed by atoms with Crippen LogP contribution in [0.4, 0.5) is 4.79 Å². The summed E-state index contributed by atoms with van der Waals surface area (Å²) in [7, 11) is 0. The minimum Gasteiger partial charge on any atom is -0.336 e. The molecule has 0 spiro atoms. The molecule has 2 saturated heterocycles. The molecular weight excluding hydrogens is 232 g/mol. The van der Waals surface area contributed by atoms with Crippen molar-refractivity contribution >= 4 is 11.9 Å². The Balaban J connectivity index is 1.94. The van der Waals surface area contributed by atoms with Crippen molar-refractivity contribution in [2.45, 2.75) is 38.3 Å². The summed E-state index contributed by atoms with van der Waals surface area (Å²) in [6.45, 7) is 4.22. The molecule has 3 amide bonds. The number of hydrogen-bond acceptors (Lipinski definition) is 4. The van der Waals surface area contributed by atoms with Crippen LogP contribution in [0.2, 0.25) is 0 Å². The number of nitrogens with zero attached hydrogens (tertiary/aromatic N) is 2. The molecule has 0 saturated carbocycles. The molecule has 3 N–H and O–H groups in total. The van der Waals surface area contributed by atoms with Crippen LogP contribution in [0, 0.1) is 0 Å². The zero-order valence-electron chi connectivity index (χ0n) is 10.9. The van der Waals surface area contributed by atoms with Gasteiger partial charge in [0.25, 0.3) is 0 Å². The minimum atomic E-state index is -0.269. The van der Waals surface area contributed by atoms with E-state index in [2.05, 4.69) is 10.2 Å². The van der Waals surface area contributed by atoms with Gasteiger partial charge in [-0.3, -0.25) is 14.6 Å². The van der Waals surface area contributed by atoms with E-state index in [4.69, 9.17) is 5.73 Å². The fourth-order valence-electron chi connectivity index (χ4n) is 2.78. The fraction of sp³-hybridized carbons (Fsp3) is 0.833. The summed E-state index contributed by atoms with van der Waals surface area (Å²) in [4.78, 5) is 26.9. The zero-order valence-corrected chi connectivity index (χ0v) is 10.9. The normalized spacial score (nSPS) is 27.1. The maximum atomic E-state index is 12.1.